The molecule has 1 aromatic carbocycles. The number of amides is 3. The number of carbonyl (C=O) groups excluding carboxylic acids is 3. The molecule has 3 aliphatic carbocycles. The fraction of sp³-hybridized carbons (Fsp3) is 0.406. The molecule has 0 bridgehead atoms. The third kappa shape index (κ3) is 4.67. The van der Waals surface area contributed by atoms with Crippen molar-refractivity contribution in [1.82, 2.24) is 10.3 Å². The summed E-state index contributed by atoms with van der Waals surface area (Å²) in [7, 11) is 0. The van der Waals surface area contributed by atoms with Crippen LogP contribution in [0.2, 0.25) is 0 Å². The number of alkyl halides is 2. The van der Waals surface area contributed by atoms with E-state index in [1.54, 1.807) is 24.3 Å². The van der Waals surface area contributed by atoms with Crippen molar-refractivity contribution < 1.29 is 23.2 Å². The number of carbonyl (C=O) groups is 3. The lowest BCUT2D eigenvalue weighted by Crippen LogP contribution is -2.66. The Hall–Kier alpha value is -4.39. The van der Waals surface area contributed by atoms with E-state index >= 15 is 0 Å². The number of halogens is 2. The van der Waals surface area contributed by atoms with Gasteiger partial charge in [-0.3, -0.25) is 24.2 Å². The molecule has 2 aromatic rings. The Morgan fingerprint density at radius 3 is 2.64 bits per heavy atom. The van der Waals surface area contributed by atoms with E-state index in [9.17, 15) is 28.4 Å². The van der Waals surface area contributed by atoms with Gasteiger partial charge in [-0.25, -0.2) is 13.8 Å². The molecular formula is C32H31F2N5O3. The van der Waals surface area contributed by atoms with Crippen molar-refractivity contribution in [2.45, 2.75) is 75.4 Å². The summed E-state index contributed by atoms with van der Waals surface area (Å²) < 4.78 is 27.6. The maximum absolute atomic E-state index is 14.9. The molecule has 4 aliphatic rings. The number of nitrogens with one attached hydrogen (secondary N) is 1. The molecule has 1 saturated carbocycles. The zero-order valence-corrected chi connectivity index (χ0v) is 23.2. The molecule has 10 heteroatoms. The first-order valence-corrected chi connectivity index (χ1v) is 14.3. The molecule has 1 unspecified atom stereocenters. The van der Waals surface area contributed by atoms with Gasteiger partial charge in [-0.15, -0.1) is 0 Å². The lowest BCUT2D eigenvalue weighted by Gasteiger charge is -2.46. The SMILES string of the molecule is CC1C=CC2=C(C1)[C@@](C(=O)NC1CC(F)(F)C1)(N(C(=O)[C@@H]1CCC(=O)N1c1cc(C#N)ccn1)c1ccccc1)CC2. The molecule has 3 atom stereocenters. The number of allylic oxidation sites excluding steroid dienone is 3. The van der Waals surface area contributed by atoms with Gasteiger partial charge in [-0.1, -0.05) is 37.3 Å². The summed E-state index contributed by atoms with van der Waals surface area (Å²) in [4.78, 5) is 49.6. The van der Waals surface area contributed by atoms with Crippen LogP contribution < -0.4 is 15.1 Å². The summed E-state index contributed by atoms with van der Waals surface area (Å²) in [5, 5.41) is 12.3. The Balaban J connectivity index is 1.47. The maximum atomic E-state index is 14.9. The molecule has 216 valence electrons. The second-order valence-electron chi connectivity index (χ2n) is 11.7. The standard InChI is InChI=1S/C32H31F2N5O3/c1-20-7-8-22-11-13-32(25(22)15-20,30(42)37-23-17-31(33,34)18-23)39(24-5-3-2-4-6-24)29(41)26-9-10-28(40)38(26)27-16-21(19-35)12-14-36-27/h2-8,12,14,16,20,23,26H,9-11,13,15,17-18H2,1H3,(H,37,42)/t20?,26-,32-/m0/s1. The van der Waals surface area contributed by atoms with E-state index in [1.165, 1.54) is 28.1 Å². The molecule has 2 fully saturated rings. The lowest BCUT2D eigenvalue weighted by molar-refractivity contribution is -0.135. The van der Waals surface area contributed by atoms with Gasteiger partial charge in [0.15, 0.2) is 0 Å². The number of hydrogen-bond acceptors (Lipinski definition) is 5. The van der Waals surface area contributed by atoms with Crippen molar-refractivity contribution >= 4 is 29.2 Å². The summed E-state index contributed by atoms with van der Waals surface area (Å²) in [5.41, 5.74) is 1.09. The van der Waals surface area contributed by atoms with Crippen molar-refractivity contribution in [2.24, 2.45) is 5.92 Å². The predicted octanol–water partition coefficient (Wildman–Crippen LogP) is 4.82. The van der Waals surface area contributed by atoms with E-state index in [-0.39, 0.29) is 36.9 Å². The first-order chi connectivity index (χ1) is 20.1. The van der Waals surface area contributed by atoms with Crippen molar-refractivity contribution in [3.05, 3.63) is 77.5 Å². The van der Waals surface area contributed by atoms with Crippen LogP contribution in [-0.4, -0.2) is 46.3 Å². The van der Waals surface area contributed by atoms with Crippen molar-refractivity contribution in [3.8, 4) is 6.07 Å². The van der Waals surface area contributed by atoms with Gasteiger partial charge >= 0.3 is 0 Å². The van der Waals surface area contributed by atoms with Gasteiger partial charge in [0, 0.05) is 37.2 Å². The number of rotatable bonds is 6. The summed E-state index contributed by atoms with van der Waals surface area (Å²) in [5.74, 6) is -3.76. The van der Waals surface area contributed by atoms with Gasteiger partial charge in [-0.2, -0.15) is 5.26 Å². The van der Waals surface area contributed by atoms with E-state index in [0.29, 0.717) is 24.1 Å². The average molecular weight is 572 g/mol. The smallest absolute Gasteiger partial charge is 0.252 e. The highest BCUT2D eigenvalue weighted by Gasteiger charge is 2.57. The molecule has 1 N–H and O–H groups in total. The van der Waals surface area contributed by atoms with Crippen LogP contribution in [0.15, 0.2) is 72.0 Å². The summed E-state index contributed by atoms with van der Waals surface area (Å²) >= 11 is 0. The van der Waals surface area contributed by atoms with Crippen LogP contribution in [0.25, 0.3) is 0 Å². The highest BCUT2D eigenvalue weighted by Crippen LogP contribution is 2.49. The van der Waals surface area contributed by atoms with Gasteiger partial charge in [0.05, 0.1) is 11.6 Å². The molecule has 0 spiro atoms. The van der Waals surface area contributed by atoms with Crippen LogP contribution in [0.4, 0.5) is 20.3 Å². The normalized spacial score (nSPS) is 26.4. The minimum Gasteiger partial charge on any atom is -0.351 e. The first kappa shape index (κ1) is 27.8. The Kier molecular flexibility index (Phi) is 6.92. The van der Waals surface area contributed by atoms with E-state index in [1.807, 2.05) is 25.1 Å². The number of nitriles is 1. The van der Waals surface area contributed by atoms with Crippen LogP contribution in [0, 0.1) is 17.2 Å². The Morgan fingerprint density at radius 2 is 1.93 bits per heavy atom. The number of nitrogens with zero attached hydrogens (tertiary/aromatic N) is 4. The minimum absolute atomic E-state index is 0.0988. The van der Waals surface area contributed by atoms with Gasteiger partial charge in [-0.05, 0) is 67.0 Å². The third-order valence-electron chi connectivity index (χ3n) is 8.83. The largest absolute Gasteiger partial charge is 0.351 e. The number of anilines is 2. The van der Waals surface area contributed by atoms with Crippen LogP contribution in [0.5, 0.6) is 0 Å². The zero-order valence-electron chi connectivity index (χ0n) is 23.2. The topological polar surface area (TPSA) is 106 Å². The minimum atomic E-state index is -2.82. The van der Waals surface area contributed by atoms with E-state index in [0.717, 1.165) is 11.1 Å². The predicted molar refractivity (Wildman–Crippen MR) is 151 cm³/mol. The molecule has 8 nitrogen and oxygen atoms in total. The molecule has 0 radical (unpaired) electrons. The molecule has 1 saturated heterocycles. The molecule has 1 aromatic heterocycles. The molecular weight excluding hydrogens is 540 g/mol. The second-order valence-corrected chi connectivity index (χ2v) is 11.7. The highest BCUT2D eigenvalue weighted by atomic mass is 19.3. The van der Waals surface area contributed by atoms with E-state index in [4.69, 9.17) is 0 Å². The van der Waals surface area contributed by atoms with Crippen molar-refractivity contribution in [3.63, 3.8) is 0 Å². The number of benzene rings is 1. The van der Waals surface area contributed by atoms with Crippen LogP contribution in [0.3, 0.4) is 0 Å². The zero-order chi connectivity index (χ0) is 29.6. The summed E-state index contributed by atoms with van der Waals surface area (Å²) in [6, 6.07) is 12.2. The Labute approximate surface area is 242 Å². The highest BCUT2D eigenvalue weighted by molar-refractivity contribution is 6.13. The fourth-order valence-electron chi connectivity index (χ4n) is 6.79. The Morgan fingerprint density at radius 1 is 1.17 bits per heavy atom. The molecule has 1 aliphatic heterocycles. The Bertz CT molecular complexity index is 1540. The number of hydrogen-bond donors (Lipinski definition) is 1. The number of pyridine rings is 1. The van der Waals surface area contributed by atoms with Gasteiger partial charge in [0.2, 0.25) is 5.91 Å². The van der Waals surface area contributed by atoms with Crippen molar-refractivity contribution in [2.75, 3.05) is 9.80 Å². The third-order valence-corrected chi connectivity index (χ3v) is 8.83. The number of para-hydroxylation sites is 1. The van der Waals surface area contributed by atoms with Crippen molar-refractivity contribution in [1.29, 1.82) is 5.26 Å². The maximum Gasteiger partial charge on any atom is 0.252 e. The first-order valence-electron chi connectivity index (χ1n) is 14.3. The summed E-state index contributed by atoms with van der Waals surface area (Å²) in [6.45, 7) is 2.04. The molecule has 42 heavy (non-hydrogen) atoms. The molecule has 3 amide bonds. The monoisotopic (exact) mass is 571 g/mol. The van der Waals surface area contributed by atoms with E-state index in [2.05, 4.69) is 16.4 Å². The van der Waals surface area contributed by atoms with Crippen LogP contribution in [-0.2, 0) is 14.4 Å². The van der Waals surface area contributed by atoms with E-state index < -0.39 is 48.2 Å². The number of aromatic nitrogens is 1. The second kappa shape index (κ2) is 10.5. The summed E-state index contributed by atoms with van der Waals surface area (Å²) in [6.07, 6.45) is 6.29. The lowest BCUT2D eigenvalue weighted by atomic mass is 9.78. The quantitative estimate of drug-likeness (QED) is 0.535. The molecule has 6 rings (SSSR count). The molecule has 2 heterocycles. The van der Waals surface area contributed by atoms with Crippen LogP contribution in [0.1, 0.15) is 57.4 Å². The average Bonchev–Trinajstić information content (AvgIpc) is 3.54. The van der Waals surface area contributed by atoms with Gasteiger partial charge in [0.1, 0.15) is 17.4 Å². The van der Waals surface area contributed by atoms with Gasteiger partial charge in [0.25, 0.3) is 17.7 Å². The van der Waals surface area contributed by atoms with Crippen LogP contribution >= 0.6 is 0 Å². The fourth-order valence-corrected chi connectivity index (χ4v) is 6.79. The van der Waals surface area contributed by atoms with Gasteiger partial charge < -0.3 is 5.32 Å².